The molecule has 24 heavy (non-hydrogen) atoms. The Kier molecular flexibility index (Phi) is 3.56. The van der Waals surface area contributed by atoms with Gasteiger partial charge in [0.15, 0.2) is 0 Å². The van der Waals surface area contributed by atoms with Crippen molar-refractivity contribution >= 4 is 11.3 Å². The number of aliphatic hydroxyl groups excluding tert-OH is 1. The smallest absolute Gasteiger partial charge is 0.0834 e. The molecule has 0 saturated carbocycles. The highest BCUT2D eigenvalue weighted by Gasteiger charge is 2.53. The van der Waals surface area contributed by atoms with Crippen LogP contribution in [0, 0.1) is 0 Å². The molecule has 2 atom stereocenters. The van der Waals surface area contributed by atoms with Crippen LogP contribution >= 0.6 is 11.3 Å². The minimum atomic E-state index is -0.294. The topological polar surface area (TPSA) is 35.5 Å². The van der Waals surface area contributed by atoms with E-state index in [-0.39, 0.29) is 17.6 Å². The van der Waals surface area contributed by atoms with Gasteiger partial charge in [0.2, 0.25) is 0 Å². The Morgan fingerprint density at radius 3 is 2.88 bits per heavy atom. The molecule has 126 valence electrons. The van der Waals surface area contributed by atoms with Gasteiger partial charge in [-0.05, 0) is 60.5 Å². The van der Waals surface area contributed by atoms with Crippen LogP contribution in [0.5, 0.6) is 0 Å². The lowest BCUT2D eigenvalue weighted by Crippen LogP contribution is -2.49. The zero-order valence-corrected chi connectivity index (χ0v) is 14.7. The monoisotopic (exact) mass is 340 g/mol. The van der Waals surface area contributed by atoms with E-state index in [1.807, 2.05) is 11.3 Å². The van der Waals surface area contributed by atoms with Gasteiger partial charge in [0.1, 0.15) is 0 Å². The maximum atomic E-state index is 11.5. The standard InChI is InChI=1S/C20H24N2OS/c23-19-18(22-11-5-17-14(13-22)6-12-24-17)15-3-1-2-4-16(15)20(19)7-9-21-10-8-20/h1-4,6,12,18-19,21,23H,5,7-11,13H2/t18-,19+/m1/s1. The lowest BCUT2D eigenvalue weighted by molar-refractivity contribution is -0.00645. The molecule has 2 aromatic rings. The summed E-state index contributed by atoms with van der Waals surface area (Å²) in [5.41, 5.74) is 4.18. The molecule has 3 aliphatic rings. The van der Waals surface area contributed by atoms with E-state index in [4.69, 9.17) is 0 Å². The molecule has 1 spiro atoms. The minimum absolute atomic E-state index is 0.0541. The molecule has 1 saturated heterocycles. The molecule has 4 heteroatoms. The number of thiophene rings is 1. The van der Waals surface area contributed by atoms with E-state index in [1.165, 1.54) is 21.6 Å². The molecule has 3 nitrogen and oxygen atoms in total. The summed E-state index contributed by atoms with van der Waals surface area (Å²) in [6.45, 7) is 4.04. The first-order chi connectivity index (χ1) is 11.8. The number of hydrogen-bond acceptors (Lipinski definition) is 4. The second-order valence-corrected chi connectivity index (χ2v) is 8.47. The third-order valence-corrected chi connectivity index (χ3v) is 7.43. The lowest BCUT2D eigenvalue weighted by atomic mass is 9.72. The van der Waals surface area contributed by atoms with Gasteiger partial charge in [-0.3, -0.25) is 4.90 Å². The van der Waals surface area contributed by atoms with Crippen LogP contribution in [0.2, 0.25) is 0 Å². The fourth-order valence-corrected chi connectivity index (χ4v) is 6.07. The summed E-state index contributed by atoms with van der Waals surface area (Å²) in [4.78, 5) is 4.05. The van der Waals surface area contributed by atoms with Crippen LogP contribution in [0.3, 0.4) is 0 Å². The van der Waals surface area contributed by atoms with Crippen LogP contribution in [0.4, 0.5) is 0 Å². The molecule has 5 rings (SSSR count). The number of hydrogen-bond donors (Lipinski definition) is 2. The first-order valence-corrected chi connectivity index (χ1v) is 9.95. The molecule has 0 unspecified atom stereocenters. The maximum absolute atomic E-state index is 11.5. The Hall–Kier alpha value is -1.20. The molecular weight excluding hydrogens is 316 g/mol. The van der Waals surface area contributed by atoms with Gasteiger partial charge in [0.25, 0.3) is 0 Å². The van der Waals surface area contributed by atoms with E-state index in [0.29, 0.717) is 0 Å². The van der Waals surface area contributed by atoms with Gasteiger partial charge in [0, 0.05) is 23.4 Å². The quantitative estimate of drug-likeness (QED) is 0.838. The fourth-order valence-electron chi connectivity index (χ4n) is 5.18. The van der Waals surface area contributed by atoms with Crippen molar-refractivity contribution in [3.8, 4) is 0 Å². The predicted octanol–water partition coefficient (Wildman–Crippen LogP) is 2.84. The first kappa shape index (κ1) is 15.1. The van der Waals surface area contributed by atoms with E-state index >= 15 is 0 Å². The molecule has 1 aromatic carbocycles. The summed E-state index contributed by atoms with van der Waals surface area (Å²) >= 11 is 1.88. The zero-order valence-electron chi connectivity index (χ0n) is 13.9. The van der Waals surface area contributed by atoms with Crippen LogP contribution in [-0.2, 0) is 18.4 Å². The second kappa shape index (κ2) is 5.67. The summed E-state index contributed by atoms with van der Waals surface area (Å²) in [5.74, 6) is 0. The number of nitrogens with one attached hydrogen (secondary N) is 1. The Balaban J connectivity index is 1.55. The number of fused-ring (bicyclic) bond motifs is 3. The van der Waals surface area contributed by atoms with E-state index in [9.17, 15) is 5.11 Å². The second-order valence-electron chi connectivity index (χ2n) is 7.47. The van der Waals surface area contributed by atoms with Crippen molar-refractivity contribution in [2.75, 3.05) is 19.6 Å². The molecule has 0 bridgehead atoms. The number of piperidine rings is 1. The van der Waals surface area contributed by atoms with Crippen LogP contribution in [-0.4, -0.2) is 35.7 Å². The van der Waals surface area contributed by atoms with Crippen molar-refractivity contribution < 1.29 is 5.11 Å². The Morgan fingerprint density at radius 1 is 1.17 bits per heavy atom. The Labute approximate surface area is 147 Å². The molecule has 3 heterocycles. The average Bonchev–Trinajstić information content (AvgIpc) is 3.18. The van der Waals surface area contributed by atoms with Gasteiger partial charge in [-0.1, -0.05) is 24.3 Å². The zero-order chi connectivity index (χ0) is 16.1. The summed E-state index contributed by atoms with van der Waals surface area (Å²) in [6.07, 6.45) is 2.91. The van der Waals surface area contributed by atoms with Crippen LogP contribution in [0.1, 0.15) is 40.5 Å². The lowest BCUT2D eigenvalue weighted by Gasteiger charge is -2.41. The fraction of sp³-hybridized carbons (Fsp3) is 0.500. The largest absolute Gasteiger partial charge is 0.390 e. The molecular formula is C20H24N2OS. The van der Waals surface area contributed by atoms with Gasteiger partial charge < -0.3 is 10.4 Å². The van der Waals surface area contributed by atoms with Gasteiger partial charge in [-0.25, -0.2) is 0 Å². The highest BCUT2D eigenvalue weighted by atomic mass is 32.1. The van der Waals surface area contributed by atoms with Crippen LogP contribution in [0.25, 0.3) is 0 Å². The Morgan fingerprint density at radius 2 is 2.00 bits per heavy atom. The number of benzene rings is 1. The van der Waals surface area contributed by atoms with E-state index < -0.39 is 0 Å². The van der Waals surface area contributed by atoms with E-state index in [2.05, 4.69) is 45.9 Å². The molecule has 0 radical (unpaired) electrons. The van der Waals surface area contributed by atoms with E-state index in [0.717, 1.165) is 45.4 Å². The highest BCUT2D eigenvalue weighted by molar-refractivity contribution is 7.10. The van der Waals surface area contributed by atoms with E-state index in [1.54, 1.807) is 0 Å². The molecule has 1 aromatic heterocycles. The van der Waals surface area contributed by atoms with Crippen LogP contribution in [0.15, 0.2) is 35.7 Å². The first-order valence-electron chi connectivity index (χ1n) is 9.07. The minimum Gasteiger partial charge on any atom is -0.390 e. The molecule has 1 fully saturated rings. The molecule has 0 amide bonds. The summed E-state index contributed by atoms with van der Waals surface area (Å²) in [6, 6.07) is 11.2. The summed E-state index contributed by atoms with van der Waals surface area (Å²) in [7, 11) is 0. The van der Waals surface area contributed by atoms with Crippen molar-refractivity contribution in [3.63, 3.8) is 0 Å². The number of rotatable bonds is 1. The van der Waals surface area contributed by atoms with Gasteiger partial charge in [-0.15, -0.1) is 11.3 Å². The van der Waals surface area contributed by atoms with Crippen LogP contribution < -0.4 is 5.32 Å². The highest BCUT2D eigenvalue weighted by Crippen LogP contribution is 2.52. The van der Waals surface area contributed by atoms with Gasteiger partial charge >= 0.3 is 0 Å². The van der Waals surface area contributed by atoms with Crippen molar-refractivity contribution in [3.05, 3.63) is 57.3 Å². The summed E-state index contributed by atoms with van der Waals surface area (Å²) < 4.78 is 0. The van der Waals surface area contributed by atoms with Crippen molar-refractivity contribution in [1.82, 2.24) is 10.2 Å². The molecule has 2 aliphatic heterocycles. The molecule has 2 N–H and O–H groups in total. The predicted molar refractivity (Wildman–Crippen MR) is 97.4 cm³/mol. The molecule has 1 aliphatic carbocycles. The Bertz CT molecular complexity index is 750. The third-order valence-electron chi connectivity index (χ3n) is 6.41. The van der Waals surface area contributed by atoms with Crippen molar-refractivity contribution in [2.45, 2.75) is 43.4 Å². The van der Waals surface area contributed by atoms with Crippen molar-refractivity contribution in [1.29, 1.82) is 0 Å². The number of aliphatic hydroxyl groups is 1. The third kappa shape index (κ3) is 2.07. The van der Waals surface area contributed by atoms with Crippen molar-refractivity contribution in [2.24, 2.45) is 0 Å². The summed E-state index contributed by atoms with van der Waals surface area (Å²) in [5, 5.41) is 17.1. The van der Waals surface area contributed by atoms with Gasteiger partial charge in [-0.2, -0.15) is 0 Å². The maximum Gasteiger partial charge on any atom is 0.0834 e. The normalized spacial score (nSPS) is 28.7. The average molecular weight is 340 g/mol. The van der Waals surface area contributed by atoms with Gasteiger partial charge in [0.05, 0.1) is 12.1 Å². The number of nitrogens with zero attached hydrogens (tertiary/aromatic N) is 1. The SMILES string of the molecule is O[C@H]1[C@H](N2CCc3sccc3C2)c2ccccc2C12CCNCC2.